The first kappa shape index (κ1) is 17.9. The first-order valence-electron chi connectivity index (χ1n) is 8.97. The fourth-order valence-electron chi connectivity index (χ4n) is 3.42. The van der Waals surface area contributed by atoms with Crippen molar-refractivity contribution in [3.8, 4) is 17.2 Å². The number of benzene rings is 3. The van der Waals surface area contributed by atoms with Crippen LogP contribution >= 0.6 is 0 Å². The number of para-hydroxylation sites is 2. The van der Waals surface area contributed by atoms with E-state index in [1.54, 1.807) is 14.2 Å². The fourth-order valence-corrected chi connectivity index (χ4v) is 3.42. The Morgan fingerprint density at radius 2 is 1.57 bits per heavy atom. The molecule has 6 nitrogen and oxygen atoms in total. The fraction of sp³-hybridized carbons (Fsp3) is 0.182. The van der Waals surface area contributed by atoms with Crippen molar-refractivity contribution in [3.05, 3.63) is 54.6 Å². The minimum atomic E-state index is 0.559. The van der Waals surface area contributed by atoms with Crippen LogP contribution in [0.5, 0.6) is 11.5 Å². The van der Waals surface area contributed by atoms with Gasteiger partial charge in [-0.25, -0.2) is 4.98 Å². The number of methoxy groups -OCH3 is 2. The maximum absolute atomic E-state index is 6.23. The molecule has 3 aromatic carbocycles. The van der Waals surface area contributed by atoms with E-state index >= 15 is 0 Å². The van der Waals surface area contributed by atoms with Gasteiger partial charge in [-0.2, -0.15) is 0 Å². The average Bonchev–Trinajstić information content (AvgIpc) is 2.71. The van der Waals surface area contributed by atoms with Crippen molar-refractivity contribution < 1.29 is 14.0 Å². The van der Waals surface area contributed by atoms with Gasteiger partial charge >= 0.3 is 0 Å². The van der Waals surface area contributed by atoms with E-state index in [0.29, 0.717) is 11.4 Å². The molecule has 142 valence electrons. The predicted molar refractivity (Wildman–Crippen MR) is 113 cm³/mol. The van der Waals surface area contributed by atoms with Gasteiger partial charge in [0.05, 0.1) is 19.9 Å². The van der Waals surface area contributed by atoms with E-state index in [-0.39, 0.29) is 0 Å². The summed E-state index contributed by atoms with van der Waals surface area (Å²) in [7, 11) is 7.32. The molecular weight excluding hydrogens is 352 g/mol. The molecule has 2 N–H and O–H groups in total. The summed E-state index contributed by atoms with van der Waals surface area (Å²) in [6.45, 7) is 0. The molecule has 0 bridgehead atoms. The number of ether oxygens (including phenoxy) is 2. The third kappa shape index (κ3) is 2.83. The molecule has 1 aromatic heterocycles. The Labute approximate surface area is 163 Å². The van der Waals surface area contributed by atoms with E-state index in [4.69, 9.17) is 20.2 Å². The van der Waals surface area contributed by atoms with Gasteiger partial charge in [-0.1, -0.05) is 12.1 Å². The second-order valence-corrected chi connectivity index (χ2v) is 6.77. The first-order valence-corrected chi connectivity index (χ1v) is 8.97. The van der Waals surface area contributed by atoms with Gasteiger partial charge in [-0.15, -0.1) is 4.57 Å². The number of nitrogens with two attached hydrogens (primary N) is 1. The maximum Gasteiger partial charge on any atom is 0.254 e. The molecule has 0 atom stereocenters. The topological polar surface area (TPSA) is 64.5 Å². The van der Waals surface area contributed by atoms with Gasteiger partial charge in [0, 0.05) is 44.0 Å². The molecule has 28 heavy (non-hydrogen) atoms. The van der Waals surface area contributed by atoms with Crippen LogP contribution in [0.3, 0.4) is 0 Å². The third-order valence-electron chi connectivity index (χ3n) is 4.85. The molecule has 1 heterocycles. The van der Waals surface area contributed by atoms with Crippen molar-refractivity contribution in [3.63, 3.8) is 0 Å². The van der Waals surface area contributed by atoms with Crippen LogP contribution in [0, 0.1) is 0 Å². The van der Waals surface area contributed by atoms with E-state index in [1.807, 2.05) is 56.6 Å². The van der Waals surface area contributed by atoms with E-state index in [0.717, 1.165) is 39.2 Å². The number of aromatic nitrogens is 2. The number of nitrogen functional groups attached to an aromatic ring is 1. The Bertz CT molecular complexity index is 1190. The van der Waals surface area contributed by atoms with Gasteiger partial charge in [0.1, 0.15) is 16.8 Å². The van der Waals surface area contributed by atoms with Crippen LogP contribution in [0.4, 0.5) is 11.4 Å². The van der Waals surface area contributed by atoms with Crippen LogP contribution in [0.2, 0.25) is 0 Å². The van der Waals surface area contributed by atoms with E-state index in [1.165, 1.54) is 0 Å². The first-order chi connectivity index (χ1) is 13.5. The van der Waals surface area contributed by atoms with Crippen LogP contribution < -0.4 is 24.7 Å². The summed E-state index contributed by atoms with van der Waals surface area (Å²) in [6, 6.07) is 17.9. The van der Waals surface area contributed by atoms with Crippen LogP contribution in [0.15, 0.2) is 54.6 Å². The van der Waals surface area contributed by atoms with E-state index < -0.39 is 0 Å². The molecule has 0 aliphatic rings. The molecular formula is C22H23N4O2+. The summed E-state index contributed by atoms with van der Waals surface area (Å²) in [5.74, 6) is 1.38. The van der Waals surface area contributed by atoms with Crippen molar-refractivity contribution in [1.29, 1.82) is 0 Å². The van der Waals surface area contributed by atoms with Crippen LogP contribution in [-0.4, -0.2) is 33.3 Å². The highest BCUT2D eigenvalue weighted by molar-refractivity contribution is 5.87. The zero-order valence-corrected chi connectivity index (χ0v) is 16.4. The SMILES string of the molecule is COc1cc2nc3ccc(N(C)C)cc3[n+](-c3ccccc3OC)c2cc1N. The highest BCUT2D eigenvalue weighted by Crippen LogP contribution is 2.30. The zero-order chi connectivity index (χ0) is 19.8. The summed E-state index contributed by atoms with van der Waals surface area (Å²) < 4.78 is 13.2. The monoisotopic (exact) mass is 375 g/mol. The quantitative estimate of drug-likeness (QED) is 0.337. The minimum Gasteiger partial charge on any atom is -0.495 e. The third-order valence-corrected chi connectivity index (χ3v) is 4.85. The Morgan fingerprint density at radius 1 is 0.857 bits per heavy atom. The van der Waals surface area contributed by atoms with Crippen molar-refractivity contribution >= 4 is 33.4 Å². The number of anilines is 2. The van der Waals surface area contributed by atoms with Gasteiger partial charge in [0.15, 0.2) is 5.75 Å². The Morgan fingerprint density at radius 3 is 2.29 bits per heavy atom. The highest BCUT2D eigenvalue weighted by Gasteiger charge is 2.24. The smallest absolute Gasteiger partial charge is 0.254 e. The van der Waals surface area contributed by atoms with Crippen molar-refractivity contribution in [2.24, 2.45) is 0 Å². The van der Waals surface area contributed by atoms with Gasteiger partial charge < -0.3 is 20.1 Å². The molecule has 0 saturated heterocycles. The van der Waals surface area contributed by atoms with Crippen LogP contribution in [-0.2, 0) is 0 Å². The lowest BCUT2D eigenvalue weighted by molar-refractivity contribution is -0.538. The molecule has 0 spiro atoms. The number of hydrogen-bond acceptors (Lipinski definition) is 5. The number of nitrogens with zero attached hydrogens (tertiary/aromatic N) is 3. The molecule has 4 rings (SSSR count). The van der Waals surface area contributed by atoms with Crippen LogP contribution in [0.25, 0.3) is 27.8 Å². The molecule has 0 fully saturated rings. The lowest BCUT2D eigenvalue weighted by atomic mass is 10.1. The van der Waals surface area contributed by atoms with E-state index in [9.17, 15) is 0 Å². The summed E-state index contributed by atoms with van der Waals surface area (Å²) in [5, 5.41) is 0. The van der Waals surface area contributed by atoms with Gasteiger partial charge in [-0.05, 0) is 18.2 Å². The Kier molecular flexibility index (Phi) is 4.39. The highest BCUT2D eigenvalue weighted by atomic mass is 16.5. The molecule has 0 amide bonds. The Hall–Kier alpha value is -3.54. The lowest BCUT2D eigenvalue weighted by Gasteiger charge is -2.14. The number of rotatable bonds is 4. The van der Waals surface area contributed by atoms with Crippen molar-refractivity contribution in [2.45, 2.75) is 0 Å². The predicted octanol–water partition coefficient (Wildman–Crippen LogP) is 3.33. The van der Waals surface area contributed by atoms with Crippen molar-refractivity contribution in [2.75, 3.05) is 38.9 Å². The molecule has 0 aliphatic carbocycles. The summed E-state index contributed by atoms with van der Waals surface area (Å²) in [6.07, 6.45) is 0. The van der Waals surface area contributed by atoms with Crippen molar-refractivity contribution in [1.82, 2.24) is 4.98 Å². The molecule has 0 aliphatic heterocycles. The standard InChI is InChI=1S/C22H22N4O2/c1-25(2)14-9-10-16-19(11-14)26(18-7-5-6-8-21(18)27-3)20-12-15(23)22(28-4)13-17(20)24-16/h5-13,23H,1-4H3/p+1. The van der Waals surface area contributed by atoms with Gasteiger partial charge in [0.2, 0.25) is 11.0 Å². The molecule has 4 aromatic rings. The summed E-state index contributed by atoms with van der Waals surface area (Å²) in [4.78, 5) is 6.92. The lowest BCUT2D eigenvalue weighted by Crippen LogP contribution is -2.34. The maximum atomic E-state index is 6.23. The second kappa shape index (κ2) is 6.88. The molecule has 0 radical (unpaired) electrons. The second-order valence-electron chi connectivity index (χ2n) is 6.77. The van der Waals surface area contributed by atoms with E-state index in [2.05, 4.69) is 21.6 Å². The number of fused-ring (bicyclic) bond motifs is 2. The molecule has 6 heteroatoms. The molecule has 0 saturated carbocycles. The summed E-state index contributed by atoms with van der Waals surface area (Å²) >= 11 is 0. The normalized spacial score (nSPS) is 11.0. The minimum absolute atomic E-state index is 0.559. The average molecular weight is 375 g/mol. The molecule has 0 unspecified atom stereocenters. The Balaban J connectivity index is 2.20. The zero-order valence-electron chi connectivity index (χ0n) is 16.4. The van der Waals surface area contributed by atoms with Gasteiger partial charge in [0.25, 0.3) is 5.69 Å². The van der Waals surface area contributed by atoms with Gasteiger partial charge in [-0.3, -0.25) is 0 Å². The number of hydrogen-bond donors (Lipinski definition) is 1. The summed E-state index contributed by atoms with van der Waals surface area (Å²) in [5.41, 5.74) is 12.3. The van der Waals surface area contributed by atoms with Crippen LogP contribution in [0.1, 0.15) is 0 Å². The largest absolute Gasteiger partial charge is 0.495 e.